The van der Waals surface area contributed by atoms with E-state index in [-0.39, 0.29) is 16.8 Å². The van der Waals surface area contributed by atoms with Gasteiger partial charge in [0.2, 0.25) is 10.9 Å². The van der Waals surface area contributed by atoms with Crippen molar-refractivity contribution in [2.75, 3.05) is 12.0 Å². The highest BCUT2D eigenvalue weighted by Gasteiger charge is 2.45. The second-order valence-electron chi connectivity index (χ2n) is 6.73. The summed E-state index contributed by atoms with van der Waals surface area (Å²) in [6.07, 6.45) is 0. The Labute approximate surface area is 187 Å². The molecule has 0 fully saturated rings. The quantitative estimate of drug-likeness (QED) is 0.394. The smallest absolute Gasteiger partial charge is 0.337 e. The number of carbonyl (C=O) groups is 2. The molecule has 154 valence electrons. The number of hydrogen-bond acceptors (Lipinski definition) is 8. The predicted octanol–water partition coefficient (Wildman–Crippen LogP) is 3.94. The fourth-order valence-electron chi connectivity index (χ4n) is 3.65. The molecule has 2 aromatic heterocycles. The number of rotatable bonds is 3. The molecule has 0 saturated heterocycles. The lowest BCUT2D eigenvalue weighted by Gasteiger charge is -2.22. The fraction of sp³-hybridized carbons (Fsp3) is 0.0952. The van der Waals surface area contributed by atoms with Crippen molar-refractivity contribution in [3.05, 3.63) is 85.1 Å². The number of hydrogen-bond donors (Lipinski definition) is 0. The Balaban J connectivity index is 1.76. The number of nitrogens with zero attached hydrogens (tertiary/aromatic N) is 3. The van der Waals surface area contributed by atoms with E-state index in [4.69, 9.17) is 9.15 Å². The summed E-state index contributed by atoms with van der Waals surface area (Å²) in [4.78, 5) is 40.0. The number of fused-ring (bicyclic) bond motifs is 2. The lowest BCUT2D eigenvalue weighted by molar-refractivity contribution is 0.0600. The van der Waals surface area contributed by atoms with E-state index >= 15 is 0 Å². The van der Waals surface area contributed by atoms with Crippen LogP contribution in [0.3, 0.4) is 0 Å². The third kappa shape index (κ3) is 3.06. The minimum absolute atomic E-state index is 0.0305. The lowest BCUT2D eigenvalue weighted by atomic mass is 9.98. The Kier molecular flexibility index (Phi) is 4.67. The van der Waals surface area contributed by atoms with Gasteiger partial charge in [-0.15, -0.1) is 10.2 Å². The van der Waals surface area contributed by atoms with Gasteiger partial charge in [0, 0.05) is 4.47 Å². The van der Waals surface area contributed by atoms with E-state index in [0.717, 1.165) is 4.47 Å². The van der Waals surface area contributed by atoms with Crippen molar-refractivity contribution in [3.8, 4) is 0 Å². The second kappa shape index (κ2) is 7.40. The van der Waals surface area contributed by atoms with Gasteiger partial charge in [-0.1, -0.05) is 39.4 Å². The Morgan fingerprint density at radius 2 is 1.97 bits per heavy atom. The molecule has 2 aromatic carbocycles. The number of anilines is 1. The highest BCUT2D eigenvalue weighted by atomic mass is 79.9. The molecule has 0 N–H and O–H groups in total. The minimum Gasteiger partial charge on any atom is -0.465 e. The van der Waals surface area contributed by atoms with Crippen LogP contribution in [0.5, 0.6) is 0 Å². The summed E-state index contributed by atoms with van der Waals surface area (Å²) in [6, 6.07) is 10.8. The maximum atomic E-state index is 13.5. The van der Waals surface area contributed by atoms with Crippen LogP contribution in [0.25, 0.3) is 11.0 Å². The molecular weight excluding hydrogens is 486 g/mol. The first-order chi connectivity index (χ1) is 15.0. The third-order valence-corrected chi connectivity index (χ3v) is 6.22. The van der Waals surface area contributed by atoms with Crippen LogP contribution < -0.4 is 10.3 Å². The van der Waals surface area contributed by atoms with Crippen LogP contribution in [0.15, 0.2) is 61.7 Å². The van der Waals surface area contributed by atoms with Gasteiger partial charge in [0.15, 0.2) is 5.43 Å². The monoisotopic (exact) mass is 497 g/mol. The fourth-order valence-corrected chi connectivity index (χ4v) is 4.60. The van der Waals surface area contributed by atoms with E-state index in [1.807, 2.05) is 0 Å². The number of esters is 1. The Hall–Kier alpha value is -3.37. The molecule has 1 unspecified atom stereocenters. The molecule has 10 heteroatoms. The zero-order valence-corrected chi connectivity index (χ0v) is 18.3. The predicted molar refractivity (Wildman–Crippen MR) is 117 cm³/mol. The summed E-state index contributed by atoms with van der Waals surface area (Å²) < 4.78 is 11.3. The maximum absolute atomic E-state index is 13.5. The van der Waals surface area contributed by atoms with E-state index in [0.29, 0.717) is 27.2 Å². The molecule has 0 aliphatic carbocycles. The van der Waals surface area contributed by atoms with Gasteiger partial charge in [0.25, 0.3) is 5.91 Å². The molecule has 1 aliphatic rings. The summed E-state index contributed by atoms with van der Waals surface area (Å²) in [6.45, 7) is 0. The van der Waals surface area contributed by atoms with Gasteiger partial charge < -0.3 is 9.15 Å². The molecule has 0 radical (unpaired) electrons. The van der Waals surface area contributed by atoms with Crippen molar-refractivity contribution >= 4 is 55.2 Å². The molecule has 5 rings (SSSR count). The minimum atomic E-state index is -0.776. The number of halogens is 1. The van der Waals surface area contributed by atoms with Crippen LogP contribution in [0.1, 0.15) is 38.1 Å². The first-order valence-electron chi connectivity index (χ1n) is 9.04. The van der Waals surface area contributed by atoms with E-state index in [1.165, 1.54) is 28.9 Å². The molecule has 1 aliphatic heterocycles. The van der Waals surface area contributed by atoms with E-state index in [9.17, 15) is 14.4 Å². The molecule has 4 aromatic rings. The molecule has 3 heterocycles. The highest BCUT2D eigenvalue weighted by Crippen LogP contribution is 2.41. The van der Waals surface area contributed by atoms with Gasteiger partial charge in [-0.05, 0) is 35.9 Å². The van der Waals surface area contributed by atoms with Crippen molar-refractivity contribution < 1.29 is 18.7 Å². The van der Waals surface area contributed by atoms with Crippen LogP contribution in [-0.4, -0.2) is 29.2 Å². The summed E-state index contributed by atoms with van der Waals surface area (Å²) in [5, 5.41) is 8.55. The summed E-state index contributed by atoms with van der Waals surface area (Å²) >= 11 is 4.55. The van der Waals surface area contributed by atoms with Crippen molar-refractivity contribution in [1.29, 1.82) is 0 Å². The van der Waals surface area contributed by atoms with Gasteiger partial charge in [-0.2, -0.15) is 0 Å². The summed E-state index contributed by atoms with van der Waals surface area (Å²) in [5.74, 6) is -0.987. The standard InChI is InChI=1S/C21H12BrN3O5S/c1-29-20(28)11-4-2-10(3-5-11)16-15-17(26)13-8-12(22)6-7-14(13)30-18(15)19(27)25(16)21-24-23-9-31-21/h2-9,16H,1H3. The average Bonchev–Trinajstić information content (AvgIpc) is 3.40. The topological polar surface area (TPSA) is 103 Å². The normalized spacial score (nSPS) is 15.4. The van der Waals surface area contributed by atoms with Crippen LogP contribution in [-0.2, 0) is 4.74 Å². The number of aromatic nitrogens is 2. The maximum Gasteiger partial charge on any atom is 0.337 e. The summed E-state index contributed by atoms with van der Waals surface area (Å²) in [7, 11) is 1.30. The Morgan fingerprint density at radius 1 is 1.19 bits per heavy atom. The van der Waals surface area contributed by atoms with Gasteiger partial charge in [-0.25, -0.2) is 4.79 Å². The first-order valence-corrected chi connectivity index (χ1v) is 10.7. The van der Waals surface area contributed by atoms with Crippen LogP contribution in [0.2, 0.25) is 0 Å². The van der Waals surface area contributed by atoms with Crippen LogP contribution in [0.4, 0.5) is 5.13 Å². The average molecular weight is 498 g/mol. The zero-order chi connectivity index (χ0) is 21.7. The van der Waals surface area contributed by atoms with Gasteiger partial charge in [0.05, 0.1) is 29.7 Å². The lowest BCUT2D eigenvalue weighted by Crippen LogP contribution is -2.29. The van der Waals surface area contributed by atoms with Gasteiger partial charge in [0.1, 0.15) is 11.1 Å². The van der Waals surface area contributed by atoms with Crippen molar-refractivity contribution in [1.82, 2.24) is 10.2 Å². The Bertz CT molecular complexity index is 1400. The molecule has 0 saturated carbocycles. The van der Waals surface area contributed by atoms with Crippen molar-refractivity contribution in [3.63, 3.8) is 0 Å². The molecular formula is C21H12BrN3O5S. The van der Waals surface area contributed by atoms with Crippen molar-refractivity contribution in [2.45, 2.75) is 6.04 Å². The van der Waals surface area contributed by atoms with E-state index < -0.39 is 17.9 Å². The molecule has 8 nitrogen and oxygen atoms in total. The Morgan fingerprint density at radius 3 is 2.65 bits per heavy atom. The molecule has 0 spiro atoms. The van der Waals surface area contributed by atoms with Gasteiger partial charge >= 0.3 is 5.97 Å². The largest absolute Gasteiger partial charge is 0.465 e. The molecule has 31 heavy (non-hydrogen) atoms. The molecule has 1 atom stereocenters. The molecule has 0 bridgehead atoms. The number of methoxy groups -OCH3 is 1. The number of carbonyl (C=O) groups excluding carboxylic acids is 2. The van der Waals surface area contributed by atoms with E-state index in [2.05, 4.69) is 26.1 Å². The number of benzene rings is 2. The SMILES string of the molecule is COC(=O)c1ccc(C2c3c(oc4ccc(Br)cc4c3=O)C(=O)N2c2nncs2)cc1. The highest BCUT2D eigenvalue weighted by molar-refractivity contribution is 9.10. The van der Waals surface area contributed by atoms with Crippen LogP contribution in [0, 0.1) is 0 Å². The van der Waals surface area contributed by atoms with Crippen LogP contribution >= 0.6 is 27.3 Å². The van der Waals surface area contributed by atoms with Gasteiger partial charge in [-0.3, -0.25) is 14.5 Å². The number of amides is 1. The molecule has 1 amide bonds. The van der Waals surface area contributed by atoms with Crippen molar-refractivity contribution in [2.24, 2.45) is 0 Å². The second-order valence-corrected chi connectivity index (χ2v) is 8.45. The third-order valence-electron chi connectivity index (χ3n) is 5.03. The number of ether oxygens (including phenoxy) is 1. The zero-order valence-electron chi connectivity index (χ0n) is 15.9. The van der Waals surface area contributed by atoms with E-state index in [1.54, 1.807) is 42.5 Å². The summed E-state index contributed by atoms with van der Waals surface area (Å²) in [5.41, 5.74) is 2.71. The first kappa shape index (κ1) is 19.6.